The van der Waals surface area contributed by atoms with Crippen molar-refractivity contribution in [3.8, 4) is 57.5 Å². The third-order valence-corrected chi connectivity index (χ3v) is 8.73. The van der Waals surface area contributed by atoms with E-state index in [0.717, 1.165) is 6.29 Å². The van der Waals surface area contributed by atoms with Crippen LogP contribution < -0.4 is 64.1 Å². The van der Waals surface area contributed by atoms with Crippen LogP contribution in [0.4, 0.5) is 0 Å². The van der Waals surface area contributed by atoms with Crippen molar-refractivity contribution in [1.29, 1.82) is 0 Å². The van der Waals surface area contributed by atoms with Crippen molar-refractivity contribution in [2.75, 3.05) is 83.3 Å². The number of amides is 2. The molecule has 0 radical (unpaired) electrons. The molecule has 328 valence electrons. The number of methoxy groups -OCH3 is 8. The molecule has 2 heterocycles. The summed E-state index contributed by atoms with van der Waals surface area (Å²) in [7, 11) is 12.0. The number of nitrogens with one attached hydrogen (secondary N) is 2. The Morgan fingerprint density at radius 1 is 0.574 bits per heavy atom. The van der Waals surface area contributed by atoms with Crippen LogP contribution in [0.1, 0.15) is 39.3 Å². The van der Waals surface area contributed by atoms with Crippen molar-refractivity contribution in [3.05, 3.63) is 82.9 Å². The fourth-order valence-electron chi connectivity index (χ4n) is 5.89. The lowest BCUT2D eigenvalue weighted by molar-refractivity contribution is -0.132. The molecule has 0 aliphatic carbocycles. The first-order valence-electron chi connectivity index (χ1n) is 18.4. The second-order valence-electron chi connectivity index (χ2n) is 12.3. The van der Waals surface area contributed by atoms with Gasteiger partial charge in [0.25, 0.3) is 11.8 Å². The van der Waals surface area contributed by atoms with Crippen LogP contribution in [0.5, 0.6) is 57.5 Å². The van der Waals surface area contributed by atoms with Crippen LogP contribution in [0, 0.1) is 0 Å². The van der Waals surface area contributed by atoms with Gasteiger partial charge in [0.05, 0.1) is 48.9 Å². The number of fused-ring (bicyclic) bond motifs is 2. The van der Waals surface area contributed by atoms with Gasteiger partial charge in [0.15, 0.2) is 58.2 Å². The molecule has 0 saturated heterocycles. The molecule has 2 unspecified atom stereocenters. The average molecular weight is 851 g/mol. The van der Waals surface area contributed by atoms with Gasteiger partial charge in [0, 0.05) is 25.3 Å². The summed E-state index contributed by atoms with van der Waals surface area (Å²) in [6.07, 6.45) is 0.581. The first kappa shape index (κ1) is 46.7. The lowest BCUT2D eigenvalue weighted by Gasteiger charge is -2.20. The molecule has 4 aromatic rings. The molecule has 4 N–H and O–H groups in total. The Bertz CT molecular complexity index is 2080. The fourth-order valence-corrected chi connectivity index (χ4v) is 5.89. The van der Waals surface area contributed by atoms with Gasteiger partial charge in [-0.05, 0) is 59.7 Å². The molecule has 0 aromatic heterocycles. The normalized spacial score (nSPS) is 13.1. The van der Waals surface area contributed by atoms with Crippen molar-refractivity contribution in [3.63, 3.8) is 0 Å². The third-order valence-electron chi connectivity index (χ3n) is 8.73. The van der Waals surface area contributed by atoms with E-state index in [1.54, 1.807) is 60.7 Å². The lowest BCUT2D eigenvalue weighted by atomic mass is 10.1. The number of carbonyl (C=O) groups is 3. The molecule has 0 saturated carbocycles. The predicted octanol–water partition coefficient (Wildman–Crippen LogP) is 3.98. The Labute approximate surface area is 352 Å². The zero-order chi connectivity index (χ0) is 44.3. The molecule has 0 bridgehead atoms. The number of benzene rings is 4. The zero-order valence-corrected chi connectivity index (χ0v) is 35.1. The molecule has 19 heteroatoms. The maximum absolute atomic E-state index is 12.6. The standard InChI is InChI=1S/C21H24N2O7.C11H14N2O4.C10H12O4/c1-25-17-9-13(10-18(26-2)20(17)28-4)12-22-23-21(24)19(27-3)14-5-6-15-16(11-14)30-8-7-29-15;1-15-10(11(14)13-12)7-2-3-8-9(6-7)17-5-4-16-8;1-12-8-4-7(6-11)5-9(13-2)10(8)14-3/h5-6,9-12,19H,7-8H2,1-4H3,(H,23,24);2-3,6,10H,4-5,12H2,1H3,(H,13,14);4-6H,1-3H3/b22-12+;;. The maximum atomic E-state index is 12.6. The number of hydrazine groups is 1. The molecule has 2 amide bonds. The van der Waals surface area contributed by atoms with E-state index in [2.05, 4.69) is 16.0 Å². The lowest BCUT2D eigenvalue weighted by Crippen LogP contribution is -2.35. The highest BCUT2D eigenvalue weighted by Gasteiger charge is 2.24. The average Bonchev–Trinajstić information content (AvgIpc) is 3.31. The quantitative estimate of drug-likeness (QED) is 0.0506. The van der Waals surface area contributed by atoms with Crippen LogP contribution >= 0.6 is 0 Å². The highest BCUT2D eigenvalue weighted by Crippen LogP contribution is 2.39. The largest absolute Gasteiger partial charge is 0.493 e. The van der Waals surface area contributed by atoms with E-state index in [1.165, 1.54) is 63.1 Å². The zero-order valence-electron chi connectivity index (χ0n) is 35.1. The summed E-state index contributed by atoms with van der Waals surface area (Å²) in [6.45, 7) is 1.98. The Balaban J connectivity index is 0.000000223. The van der Waals surface area contributed by atoms with E-state index in [-0.39, 0.29) is 0 Å². The smallest absolute Gasteiger partial charge is 0.273 e. The van der Waals surface area contributed by atoms with Crippen molar-refractivity contribution in [2.45, 2.75) is 12.2 Å². The SMILES string of the molecule is COC(C(=O)NN)c1ccc2c(c1)OCCO2.COc1cc(/C=N/NC(=O)C(OC)c2ccc3c(c2)OCCO3)cc(OC)c1OC.COc1cc(C=O)cc(OC)c1OC. The van der Waals surface area contributed by atoms with Gasteiger partial charge in [0.2, 0.25) is 11.5 Å². The second-order valence-corrected chi connectivity index (χ2v) is 12.3. The van der Waals surface area contributed by atoms with E-state index >= 15 is 0 Å². The predicted molar refractivity (Wildman–Crippen MR) is 220 cm³/mol. The van der Waals surface area contributed by atoms with E-state index < -0.39 is 24.0 Å². The molecule has 19 nitrogen and oxygen atoms in total. The van der Waals surface area contributed by atoms with Crippen LogP contribution in [-0.4, -0.2) is 108 Å². The molecule has 4 aromatic carbocycles. The number of hydrogen-bond donors (Lipinski definition) is 3. The first-order chi connectivity index (χ1) is 29.6. The third kappa shape index (κ3) is 12.1. The second kappa shape index (κ2) is 23.6. The number of carbonyl (C=O) groups excluding carboxylic acids is 3. The summed E-state index contributed by atoms with van der Waals surface area (Å²) in [6, 6.07) is 17.1. The van der Waals surface area contributed by atoms with Gasteiger partial charge in [-0.25, -0.2) is 11.3 Å². The van der Waals surface area contributed by atoms with Crippen LogP contribution in [-0.2, 0) is 19.1 Å². The number of nitrogens with two attached hydrogens (primary N) is 1. The Morgan fingerprint density at radius 3 is 1.33 bits per heavy atom. The van der Waals surface area contributed by atoms with Crippen LogP contribution in [0.2, 0.25) is 0 Å². The molecule has 2 atom stereocenters. The van der Waals surface area contributed by atoms with E-state index in [9.17, 15) is 14.4 Å². The van der Waals surface area contributed by atoms with E-state index in [4.69, 9.17) is 62.7 Å². The van der Waals surface area contributed by atoms with E-state index in [1.807, 2.05) is 0 Å². The van der Waals surface area contributed by atoms with Crippen LogP contribution in [0.3, 0.4) is 0 Å². The molecule has 2 aliphatic rings. The Morgan fingerprint density at radius 2 is 0.967 bits per heavy atom. The van der Waals surface area contributed by atoms with Crippen molar-refractivity contribution in [1.82, 2.24) is 10.9 Å². The first-order valence-corrected chi connectivity index (χ1v) is 18.4. The topological polar surface area (TPSA) is 224 Å². The van der Waals surface area contributed by atoms with Crippen molar-refractivity contribution in [2.24, 2.45) is 10.9 Å². The number of aldehydes is 1. The highest BCUT2D eigenvalue weighted by atomic mass is 16.6. The number of hydrazone groups is 1. The molecular weight excluding hydrogens is 800 g/mol. The van der Waals surface area contributed by atoms with Gasteiger partial charge in [0.1, 0.15) is 32.7 Å². The van der Waals surface area contributed by atoms with Gasteiger partial charge < -0.3 is 56.8 Å². The summed E-state index contributed by atoms with van der Waals surface area (Å²) >= 11 is 0. The molecule has 6 rings (SSSR count). The fraction of sp³-hybridized carbons (Fsp3) is 0.333. The number of nitrogens with zero attached hydrogens (tertiary/aromatic N) is 1. The summed E-state index contributed by atoms with van der Waals surface area (Å²) < 4.78 is 63.4. The number of ether oxygens (including phenoxy) is 12. The van der Waals surface area contributed by atoms with E-state index in [0.29, 0.717) is 106 Å². The molecule has 0 fully saturated rings. The van der Waals surface area contributed by atoms with Gasteiger partial charge in [-0.1, -0.05) is 12.1 Å². The summed E-state index contributed by atoms with van der Waals surface area (Å²) in [5, 5.41) is 4.02. The molecular formula is C42H50N4O15. The van der Waals surface area contributed by atoms with Crippen molar-refractivity contribution < 1.29 is 71.2 Å². The van der Waals surface area contributed by atoms with Gasteiger partial charge in [-0.3, -0.25) is 19.8 Å². The summed E-state index contributed by atoms with van der Waals surface area (Å²) in [5.41, 5.74) is 6.97. The van der Waals surface area contributed by atoms with Gasteiger partial charge in [-0.15, -0.1) is 0 Å². The minimum atomic E-state index is -0.863. The number of rotatable bonds is 15. The minimum Gasteiger partial charge on any atom is -0.493 e. The monoisotopic (exact) mass is 850 g/mol. The molecule has 2 aliphatic heterocycles. The van der Waals surface area contributed by atoms with Crippen molar-refractivity contribution >= 4 is 24.3 Å². The summed E-state index contributed by atoms with van der Waals surface area (Å²) in [4.78, 5) is 34.7. The Hall–Kier alpha value is -6.96. The Kier molecular flexibility index (Phi) is 18.1. The minimum absolute atomic E-state index is 0.413. The van der Waals surface area contributed by atoms with Gasteiger partial charge >= 0.3 is 0 Å². The molecule has 0 spiro atoms. The maximum Gasteiger partial charge on any atom is 0.273 e. The summed E-state index contributed by atoms with van der Waals surface area (Å²) in [5.74, 6) is 9.63. The van der Waals surface area contributed by atoms with Crippen LogP contribution in [0.25, 0.3) is 0 Å². The molecule has 61 heavy (non-hydrogen) atoms. The number of hydrogen-bond acceptors (Lipinski definition) is 17. The van der Waals surface area contributed by atoms with Crippen LogP contribution in [0.15, 0.2) is 65.8 Å². The highest BCUT2D eigenvalue weighted by molar-refractivity contribution is 5.86. The van der Waals surface area contributed by atoms with Gasteiger partial charge in [-0.2, -0.15) is 5.10 Å².